The van der Waals surface area contributed by atoms with E-state index in [0.29, 0.717) is 23.8 Å². The van der Waals surface area contributed by atoms with Crippen LogP contribution in [-0.2, 0) is 0 Å². The molecule has 2 nitrogen and oxygen atoms in total. The fourth-order valence-corrected chi connectivity index (χ4v) is 1.60. The number of halogens is 1. The highest BCUT2D eigenvalue weighted by Crippen LogP contribution is 2.20. The lowest BCUT2D eigenvalue weighted by Crippen LogP contribution is -2.10. The Morgan fingerprint density at radius 2 is 2.06 bits per heavy atom. The SMILES string of the molecule is CCC(CC)COc1cc(F)ccc1C#CCN. The number of hydrogen-bond donors (Lipinski definition) is 1. The van der Waals surface area contributed by atoms with Crippen molar-refractivity contribution in [2.75, 3.05) is 13.2 Å². The van der Waals surface area contributed by atoms with Gasteiger partial charge in [0.1, 0.15) is 11.6 Å². The number of ether oxygens (including phenoxy) is 1. The third-order valence-electron chi connectivity index (χ3n) is 2.90. The van der Waals surface area contributed by atoms with E-state index in [1.807, 2.05) is 0 Å². The molecule has 1 rings (SSSR count). The summed E-state index contributed by atoms with van der Waals surface area (Å²) in [6.45, 7) is 5.12. The number of hydrogen-bond acceptors (Lipinski definition) is 2. The molecule has 0 aliphatic heterocycles. The molecule has 0 unspecified atom stereocenters. The van der Waals surface area contributed by atoms with Crippen molar-refractivity contribution in [3.63, 3.8) is 0 Å². The molecule has 98 valence electrons. The van der Waals surface area contributed by atoms with E-state index in [2.05, 4.69) is 25.7 Å². The fourth-order valence-electron chi connectivity index (χ4n) is 1.60. The van der Waals surface area contributed by atoms with Crippen LogP contribution in [0.2, 0.25) is 0 Å². The summed E-state index contributed by atoms with van der Waals surface area (Å²) < 4.78 is 18.9. The van der Waals surface area contributed by atoms with Gasteiger partial charge in [-0.1, -0.05) is 38.5 Å². The van der Waals surface area contributed by atoms with Gasteiger partial charge < -0.3 is 10.5 Å². The van der Waals surface area contributed by atoms with Gasteiger partial charge in [0.15, 0.2) is 0 Å². The molecule has 0 aliphatic rings. The van der Waals surface area contributed by atoms with Gasteiger partial charge in [-0.25, -0.2) is 4.39 Å². The van der Waals surface area contributed by atoms with E-state index in [0.717, 1.165) is 12.8 Å². The van der Waals surface area contributed by atoms with Gasteiger partial charge in [-0.2, -0.15) is 0 Å². The van der Waals surface area contributed by atoms with E-state index in [4.69, 9.17) is 10.5 Å². The number of nitrogens with two attached hydrogens (primary N) is 1. The van der Waals surface area contributed by atoms with Crippen molar-refractivity contribution >= 4 is 0 Å². The summed E-state index contributed by atoms with van der Waals surface area (Å²) in [5.41, 5.74) is 6.02. The van der Waals surface area contributed by atoms with Crippen LogP contribution in [0.5, 0.6) is 5.75 Å². The zero-order valence-corrected chi connectivity index (χ0v) is 11.0. The predicted octanol–water partition coefficient (Wildman–Crippen LogP) is 2.95. The Labute approximate surface area is 108 Å². The van der Waals surface area contributed by atoms with E-state index < -0.39 is 0 Å². The monoisotopic (exact) mass is 249 g/mol. The zero-order valence-electron chi connectivity index (χ0n) is 11.0. The third-order valence-corrected chi connectivity index (χ3v) is 2.90. The zero-order chi connectivity index (χ0) is 13.4. The maximum absolute atomic E-state index is 13.2. The molecule has 0 atom stereocenters. The maximum atomic E-state index is 13.2. The molecule has 0 fully saturated rings. The number of rotatable bonds is 5. The van der Waals surface area contributed by atoms with Gasteiger partial charge in [0.2, 0.25) is 0 Å². The van der Waals surface area contributed by atoms with Crippen LogP contribution in [0.25, 0.3) is 0 Å². The molecule has 0 bridgehead atoms. The van der Waals surface area contributed by atoms with Gasteiger partial charge in [0, 0.05) is 6.07 Å². The van der Waals surface area contributed by atoms with Gasteiger partial charge in [-0.05, 0) is 18.1 Å². The van der Waals surface area contributed by atoms with Crippen LogP contribution >= 0.6 is 0 Å². The second-order valence-electron chi connectivity index (χ2n) is 4.14. The summed E-state index contributed by atoms with van der Waals surface area (Å²) in [5.74, 6) is 6.33. The van der Waals surface area contributed by atoms with Crippen LogP contribution in [0, 0.1) is 23.6 Å². The Kier molecular flexibility index (Phi) is 6.24. The molecule has 0 amide bonds. The Morgan fingerprint density at radius 3 is 2.67 bits per heavy atom. The van der Waals surface area contributed by atoms with Crippen molar-refractivity contribution in [3.8, 4) is 17.6 Å². The molecule has 18 heavy (non-hydrogen) atoms. The molecule has 1 aromatic rings. The first-order chi connectivity index (χ1) is 8.71. The lowest BCUT2D eigenvalue weighted by atomic mass is 10.1. The minimum Gasteiger partial charge on any atom is -0.492 e. The molecule has 2 N–H and O–H groups in total. The molecule has 0 aromatic heterocycles. The average Bonchev–Trinajstić information content (AvgIpc) is 2.39. The van der Waals surface area contributed by atoms with Gasteiger partial charge in [-0.15, -0.1) is 0 Å². The van der Waals surface area contributed by atoms with Gasteiger partial charge >= 0.3 is 0 Å². The smallest absolute Gasteiger partial charge is 0.137 e. The van der Waals surface area contributed by atoms with Crippen molar-refractivity contribution in [3.05, 3.63) is 29.6 Å². The van der Waals surface area contributed by atoms with Crippen LogP contribution in [0.1, 0.15) is 32.3 Å². The van der Waals surface area contributed by atoms with Gasteiger partial charge in [0.05, 0.1) is 18.7 Å². The third kappa shape index (κ3) is 4.38. The van der Waals surface area contributed by atoms with Crippen LogP contribution in [-0.4, -0.2) is 13.2 Å². The molecule has 0 spiro atoms. The highest BCUT2D eigenvalue weighted by Gasteiger charge is 2.08. The Morgan fingerprint density at radius 1 is 1.33 bits per heavy atom. The van der Waals surface area contributed by atoms with Crippen molar-refractivity contribution in [2.24, 2.45) is 11.7 Å². The Bertz CT molecular complexity index is 430. The maximum Gasteiger partial charge on any atom is 0.137 e. The molecule has 3 heteroatoms. The first-order valence-electron chi connectivity index (χ1n) is 6.32. The van der Waals surface area contributed by atoms with E-state index in [1.54, 1.807) is 6.07 Å². The first kappa shape index (κ1) is 14.5. The Balaban J connectivity index is 2.82. The number of benzene rings is 1. The largest absolute Gasteiger partial charge is 0.492 e. The molecule has 0 saturated carbocycles. The van der Waals surface area contributed by atoms with Crippen LogP contribution < -0.4 is 10.5 Å². The summed E-state index contributed by atoms with van der Waals surface area (Å²) in [5, 5.41) is 0. The quantitative estimate of drug-likeness (QED) is 0.814. The molecular weight excluding hydrogens is 229 g/mol. The van der Waals surface area contributed by atoms with Crippen molar-refractivity contribution in [1.29, 1.82) is 0 Å². The topological polar surface area (TPSA) is 35.2 Å². The van der Waals surface area contributed by atoms with Gasteiger partial charge in [0.25, 0.3) is 0 Å². The molecule has 0 radical (unpaired) electrons. The predicted molar refractivity (Wildman–Crippen MR) is 71.9 cm³/mol. The van der Waals surface area contributed by atoms with Crippen molar-refractivity contribution in [1.82, 2.24) is 0 Å². The van der Waals surface area contributed by atoms with E-state index in [-0.39, 0.29) is 12.4 Å². The van der Waals surface area contributed by atoms with Crippen molar-refractivity contribution < 1.29 is 9.13 Å². The molecule has 0 saturated heterocycles. The highest BCUT2D eigenvalue weighted by atomic mass is 19.1. The standard InChI is InChI=1S/C15H20FNO/c1-3-12(4-2)11-18-15-10-14(16)8-7-13(15)6-5-9-17/h7-8,10,12H,3-4,9,11,17H2,1-2H3. The van der Waals surface area contributed by atoms with Crippen LogP contribution in [0.4, 0.5) is 4.39 Å². The minimum atomic E-state index is -0.312. The molecular formula is C15H20FNO. The van der Waals surface area contributed by atoms with E-state index in [9.17, 15) is 4.39 Å². The highest BCUT2D eigenvalue weighted by molar-refractivity contribution is 5.46. The molecule has 0 heterocycles. The fraction of sp³-hybridized carbons (Fsp3) is 0.467. The normalized spacial score (nSPS) is 10.1. The second kappa shape index (κ2) is 7.73. The first-order valence-corrected chi connectivity index (χ1v) is 6.32. The van der Waals surface area contributed by atoms with Crippen molar-refractivity contribution in [2.45, 2.75) is 26.7 Å². The summed E-state index contributed by atoms with van der Waals surface area (Å²) in [7, 11) is 0. The molecule has 0 aliphatic carbocycles. The second-order valence-corrected chi connectivity index (χ2v) is 4.14. The van der Waals surface area contributed by atoms with Gasteiger partial charge in [-0.3, -0.25) is 0 Å². The van der Waals surface area contributed by atoms with Crippen LogP contribution in [0.3, 0.4) is 0 Å². The lowest BCUT2D eigenvalue weighted by molar-refractivity contribution is 0.239. The lowest BCUT2D eigenvalue weighted by Gasteiger charge is -2.14. The summed E-state index contributed by atoms with van der Waals surface area (Å²) >= 11 is 0. The van der Waals surface area contributed by atoms with E-state index in [1.165, 1.54) is 12.1 Å². The summed E-state index contributed by atoms with van der Waals surface area (Å²) in [6.07, 6.45) is 2.10. The van der Waals surface area contributed by atoms with Crippen LogP contribution in [0.15, 0.2) is 18.2 Å². The summed E-state index contributed by atoms with van der Waals surface area (Å²) in [6, 6.07) is 4.38. The van der Waals surface area contributed by atoms with E-state index >= 15 is 0 Å². The summed E-state index contributed by atoms with van der Waals surface area (Å²) in [4.78, 5) is 0. The Hall–Kier alpha value is -1.53. The molecule has 1 aromatic carbocycles. The minimum absolute atomic E-state index is 0.281. The average molecular weight is 249 g/mol.